The van der Waals surface area contributed by atoms with Gasteiger partial charge in [-0.25, -0.2) is 22.4 Å². The molecule has 2 aromatic rings. The quantitative estimate of drug-likeness (QED) is 0.516. The first-order valence-electron chi connectivity index (χ1n) is 9.69. The summed E-state index contributed by atoms with van der Waals surface area (Å²) in [7, 11) is -4.14. The van der Waals surface area contributed by atoms with E-state index in [2.05, 4.69) is 16.0 Å². The van der Waals surface area contributed by atoms with Gasteiger partial charge in [0, 0.05) is 11.7 Å². The molecule has 0 bridgehead atoms. The second kappa shape index (κ2) is 9.30. The average molecular weight is 466 g/mol. The van der Waals surface area contributed by atoms with Crippen molar-refractivity contribution < 1.29 is 32.2 Å². The molecule has 0 fully saturated rings. The lowest BCUT2D eigenvalue weighted by Crippen LogP contribution is -2.50. The summed E-state index contributed by atoms with van der Waals surface area (Å²) < 4.78 is 46.9. The zero-order chi connectivity index (χ0) is 23.5. The highest BCUT2D eigenvalue weighted by Gasteiger charge is 2.35. The summed E-state index contributed by atoms with van der Waals surface area (Å²) >= 11 is 0. The number of rotatable bonds is 6. The van der Waals surface area contributed by atoms with Crippen LogP contribution >= 0.6 is 0 Å². The van der Waals surface area contributed by atoms with Crippen LogP contribution < -0.4 is 25.0 Å². The molecular weight excluding hydrogens is 443 g/mol. The Morgan fingerprint density at radius 2 is 1.91 bits per heavy atom. The summed E-state index contributed by atoms with van der Waals surface area (Å²) in [4.78, 5) is 22.8. The monoisotopic (exact) mass is 466 g/mol. The molecule has 0 saturated heterocycles. The number of anilines is 2. The molecule has 3 rings (SSSR count). The van der Waals surface area contributed by atoms with Gasteiger partial charge < -0.3 is 20.5 Å². The Labute approximate surface area is 184 Å². The minimum atomic E-state index is -4.14. The van der Waals surface area contributed by atoms with Crippen LogP contribution in [0.25, 0.3) is 0 Å². The molecule has 1 aliphatic heterocycles. The Hall–Kier alpha value is -3.54. The van der Waals surface area contributed by atoms with E-state index < -0.39 is 34.1 Å². The van der Waals surface area contributed by atoms with Crippen molar-refractivity contribution in [3.63, 3.8) is 0 Å². The number of nitrogens with one attached hydrogen (secondary N) is 3. The van der Waals surface area contributed by atoms with Gasteiger partial charge in [-0.3, -0.25) is 9.62 Å². The molecule has 1 atom stereocenters. The number of nitrogens with zero attached hydrogens (tertiary/aromatic N) is 1. The van der Waals surface area contributed by atoms with Crippen LogP contribution in [0.3, 0.4) is 0 Å². The number of fused-ring (bicyclic) bond motifs is 1. The molecule has 172 valence electrons. The maximum Gasteiger partial charge on any atom is 0.409 e. The number of sulfonamides is 1. The van der Waals surface area contributed by atoms with Crippen molar-refractivity contribution in [1.29, 1.82) is 0 Å². The molecular formula is C20H23FN4O6S. The SMILES string of the molecule is CC(C)NC(=O)NCC1CN(S(=O)(=O)c2ccc(F)cc2)c2cc(NC(=O)O)ccc2O1. The summed E-state index contributed by atoms with van der Waals surface area (Å²) in [6, 6.07) is 8.04. The topological polar surface area (TPSA) is 137 Å². The number of hydrogen-bond acceptors (Lipinski definition) is 5. The van der Waals surface area contributed by atoms with Gasteiger partial charge in [-0.15, -0.1) is 0 Å². The summed E-state index contributed by atoms with van der Waals surface area (Å²) in [5.74, 6) is -0.397. The standard InChI is InChI=1S/C20H23FN4O6S/c1-12(2)23-19(26)22-10-15-11-25(32(29,30)16-6-3-13(21)4-7-16)17-9-14(24-20(27)28)5-8-18(17)31-15/h3-9,12,15,24H,10-11H2,1-2H3,(H,27,28)(H2,22,23,26). The molecule has 1 heterocycles. The zero-order valence-electron chi connectivity index (χ0n) is 17.3. The van der Waals surface area contributed by atoms with Crippen molar-refractivity contribution in [2.75, 3.05) is 22.7 Å². The van der Waals surface area contributed by atoms with E-state index in [1.165, 1.54) is 18.2 Å². The summed E-state index contributed by atoms with van der Waals surface area (Å²) in [5.41, 5.74) is 0.260. The highest BCUT2D eigenvalue weighted by molar-refractivity contribution is 7.92. The Kier molecular flexibility index (Phi) is 6.72. The lowest BCUT2D eigenvalue weighted by molar-refractivity contribution is 0.191. The number of ether oxygens (including phenoxy) is 1. The van der Waals surface area contributed by atoms with Crippen molar-refractivity contribution in [2.24, 2.45) is 0 Å². The lowest BCUT2D eigenvalue weighted by Gasteiger charge is -2.35. The Balaban J connectivity index is 1.94. The fraction of sp³-hybridized carbons (Fsp3) is 0.300. The third kappa shape index (κ3) is 5.38. The van der Waals surface area contributed by atoms with E-state index in [4.69, 9.17) is 9.84 Å². The molecule has 0 aromatic heterocycles. The van der Waals surface area contributed by atoms with Gasteiger partial charge in [0.25, 0.3) is 10.0 Å². The molecule has 0 spiro atoms. The minimum absolute atomic E-state index is 0.0164. The molecule has 4 N–H and O–H groups in total. The first-order valence-corrected chi connectivity index (χ1v) is 11.1. The van der Waals surface area contributed by atoms with Crippen molar-refractivity contribution in [2.45, 2.75) is 30.9 Å². The zero-order valence-corrected chi connectivity index (χ0v) is 18.1. The second-order valence-electron chi connectivity index (χ2n) is 7.35. The van der Waals surface area contributed by atoms with E-state index in [0.29, 0.717) is 0 Å². The number of carbonyl (C=O) groups is 2. The molecule has 1 unspecified atom stereocenters. The van der Waals surface area contributed by atoms with Gasteiger partial charge in [0.05, 0.1) is 23.7 Å². The van der Waals surface area contributed by atoms with Crippen LogP contribution in [-0.4, -0.2) is 50.9 Å². The maximum atomic E-state index is 13.3. The van der Waals surface area contributed by atoms with Gasteiger partial charge in [-0.2, -0.15) is 0 Å². The van der Waals surface area contributed by atoms with Gasteiger partial charge in [-0.05, 0) is 56.3 Å². The number of carbonyl (C=O) groups excluding carboxylic acids is 1. The van der Waals surface area contributed by atoms with Crippen LogP contribution in [-0.2, 0) is 10.0 Å². The van der Waals surface area contributed by atoms with Crippen LogP contribution in [0.1, 0.15) is 13.8 Å². The maximum absolute atomic E-state index is 13.3. The fourth-order valence-electron chi connectivity index (χ4n) is 3.10. The number of carboxylic acid groups (broad SMARTS) is 1. The smallest absolute Gasteiger partial charge is 0.409 e. The van der Waals surface area contributed by atoms with Crippen LogP contribution in [0.4, 0.5) is 25.4 Å². The first kappa shape index (κ1) is 23.1. The molecule has 0 aliphatic carbocycles. The van der Waals surface area contributed by atoms with Crippen LogP contribution in [0, 0.1) is 5.82 Å². The number of hydrogen-bond donors (Lipinski definition) is 4. The third-order valence-electron chi connectivity index (χ3n) is 4.45. The Morgan fingerprint density at radius 1 is 1.22 bits per heavy atom. The predicted molar refractivity (Wildman–Crippen MR) is 115 cm³/mol. The first-order chi connectivity index (χ1) is 15.1. The van der Waals surface area contributed by atoms with Crippen molar-refractivity contribution in [1.82, 2.24) is 10.6 Å². The highest BCUT2D eigenvalue weighted by atomic mass is 32.2. The molecule has 0 saturated carbocycles. The molecule has 1 aliphatic rings. The highest BCUT2D eigenvalue weighted by Crippen LogP contribution is 2.39. The summed E-state index contributed by atoms with van der Waals surface area (Å²) in [6.45, 7) is 3.45. The Morgan fingerprint density at radius 3 is 2.53 bits per heavy atom. The lowest BCUT2D eigenvalue weighted by atomic mass is 10.2. The van der Waals surface area contributed by atoms with E-state index in [0.717, 1.165) is 28.6 Å². The van der Waals surface area contributed by atoms with E-state index in [1.807, 2.05) is 0 Å². The fourth-order valence-corrected chi connectivity index (χ4v) is 4.60. The number of urea groups is 1. The minimum Gasteiger partial charge on any atom is -0.484 e. The van der Waals surface area contributed by atoms with Gasteiger partial charge in [0.1, 0.15) is 17.7 Å². The van der Waals surface area contributed by atoms with E-state index in [-0.39, 0.29) is 41.2 Å². The summed E-state index contributed by atoms with van der Waals surface area (Å²) in [6.07, 6.45) is -2.04. The van der Waals surface area contributed by atoms with E-state index in [1.54, 1.807) is 13.8 Å². The second-order valence-corrected chi connectivity index (χ2v) is 9.21. The van der Waals surface area contributed by atoms with Gasteiger partial charge in [0.15, 0.2) is 0 Å². The number of amides is 3. The van der Waals surface area contributed by atoms with E-state index in [9.17, 15) is 22.4 Å². The third-order valence-corrected chi connectivity index (χ3v) is 6.25. The van der Waals surface area contributed by atoms with Crippen LogP contribution in [0.5, 0.6) is 5.75 Å². The summed E-state index contributed by atoms with van der Waals surface area (Å²) in [5, 5.41) is 16.4. The van der Waals surface area contributed by atoms with E-state index >= 15 is 0 Å². The van der Waals surface area contributed by atoms with Gasteiger partial charge in [0.2, 0.25) is 0 Å². The Bertz CT molecular complexity index is 1110. The van der Waals surface area contributed by atoms with Crippen LogP contribution in [0.2, 0.25) is 0 Å². The van der Waals surface area contributed by atoms with Crippen LogP contribution in [0.15, 0.2) is 47.4 Å². The van der Waals surface area contributed by atoms with Gasteiger partial charge in [-0.1, -0.05) is 0 Å². The van der Waals surface area contributed by atoms with Crippen molar-refractivity contribution in [3.05, 3.63) is 48.3 Å². The van der Waals surface area contributed by atoms with Gasteiger partial charge >= 0.3 is 12.1 Å². The molecule has 0 radical (unpaired) electrons. The average Bonchev–Trinajstić information content (AvgIpc) is 2.71. The molecule has 12 heteroatoms. The molecule has 2 aromatic carbocycles. The molecule has 3 amide bonds. The largest absolute Gasteiger partial charge is 0.484 e. The number of halogens is 1. The molecule has 32 heavy (non-hydrogen) atoms. The normalized spacial score (nSPS) is 15.5. The van der Waals surface area contributed by atoms with Crippen molar-refractivity contribution >= 4 is 33.5 Å². The number of benzene rings is 2. The molecule has 10 nitrogen and oxygen atoms in total. The van der Waals surface area contributed by atoms with Crippen molar-refractivity contribution in [3.8, 4) is 5.75 Å². The predicted octanol–water partition coefficient (Wildman–Crippen LogP) is 2.58.